The molecule has 0 aliphatic carbocycles. The highest BCUT2D eigenvalue weighted by Gasteiger charge is 2.45. The van der Waals surface area contributed by atoms with Crippen molar-refractivity contribution < 1.29 is 19.4 Å². The van der Waals surface area contributed by atoms with Gasteiger partial charge in [0.1, 0.15) is 11.5 Å². The van der Waals surface area contributed by atoms with Gasteiger partial charge in [-0.05, 0) is 45.4 Å². The Hall–Kier alpha value is -3.09. The van der Waals surface area contributed by atoms with Crippen LogP contribution >= 0.6 is 0 Å². The summed E-state index contributed by atoms with van der Waals surface area (Å²) in [5, 5.41) is 15.4. The number of carbonyl (C=O) groups excluding carboxylic acids is 2. The van der Waals surface area contributed by atoms with Gasteiger partial charge in [0.25, 0.3) is 11.7 Å². The van der Waals surface area contributed by atoms with Gasteiger partial charge in [0.15, 0.2) is 0 Å². The lowest BCUT2D eigenvalue weighted by Gasteiger charge is -2.24. The van der Waals surface area contributed by atoms with E-state index in [0.29, 0.717) is 30.2 Å². The number of carbonyl (C=O) groups is 2. The van der Waals surface area contributed by atoms with Crippen LogP contribution in [-0.2, 0) is 16.6 Å². The molecule has 0 spiro atoms. The van der Waals surface area contributed by atoms with E-state index in [9.17, 15) is 14.7 Å². The zero-order chi connectivity index (χ0) is 20.6. The van der Waals surface area contributed by atoms with E-state index in [0.717, 1.165) is 11.3 Å². The van der Waals surface area contributed by atoms with E-state index in [2.05, 4.69) is 5.10 Å². The molecule has 1 fully saturated rings. The molecule has 28 heavy (non-hydrogen) atoms. The van der Waals surface area contributed by atoms with E-state index in [1.165, 1.54) is 4.90 Å². The van der Waals surface area contributed by atoms with Crippen LogP contribution in [-0.4, -0.2) is 44.6 Å². The second-order valence-electron chi connectivity index (χ2n) is 6.76. The maximum atomic E-state index is 12.8. The standard InChI is InChI=1S/C21H25N3O4/c1-6-24-18(14-8-10-15(11-9-14)28-7-2)17(20(26)21(24)27)19(25)16-12(3)22-23(5)13(16)4/h8-11,18,25H,6-7H2,1-5H3/b19-17+. The molecule has 3 rings (SSSR count). The Morgan fingerprint density at radius 3 is 2.32 bits per heavy atom. The average Bonchev–Trinajstić information content (AvgIpc) is 3.08. The topological polar surface area (TPSA) is 84.7 Å². The number of likely N-dealkylation sites (N-methyl/N-ethyl adjacent to an activating group) is 1. The number of Topliss-reactive ketones (excluding diaryl/α,β-unsaturated/α-hetero) is 1. The highest BCUT2D eigenvalue weighted by molar-refractivity contribution is 6.46. The van der Waals surface area contributed by atoms with Gasteiger partial charge in [0, 0.05) is 19.3 Å². The fourth-order valence-electron chi connectivity index (χ4n) is 3.72. The summed E-state index contributed by atoms with van der Waals surface area (Å²) < 4.78 is 7.12. The number of aromatic nitrogens is 2. The Morgan fingerprint density at radius 2 is 1.82 bits per heavy atom. The Morgan fingerprint density at radius 1 is 1.18 bits per heavy atom. The summed E-state index contributed by atoms with van der Waals surface area (Å²) >= 11 is 0. The van der Waals surface area contributed by atoms with Gasteiger partial charge >= 0.3 is 0 Å². The number of likely N-dealkylation sites (tertiary alicyclic amines) is 1. The molecule has 1 aliphatic heterocycles. The maximum Gasteiger partial charge on any atom is 0.295 e. The lowest BCUT2D eigenvalue weighted by Crippen LogP contribution is -2.29. The molecule has 148 valence electrons. The third-order valence-electron chi connectivity index (χ3n) is 5.13. The third-order valence-corrected chi connectivity index (χ3v) is 5.13. The molecule has 1 N–H and O–H groups in total. The largest absolute Gasteiger partial charge is 0.507 e. The van der Waals surface area contributed by atoms with Crippen LogP contribution < -0.4 is 4.74 Å². The number of aryl methyl sites for hydroxylation is 2. The van der Waals surface area contributed by atoms with Gasteiger partial charge in [-0.15, -0.1) is 0 Å². The fourth-order valence-corrected chi connectivity index (χ4v) is 3.72. The summed E-state index contributed by atoms with van der Waals surface area (Å²) in [6, 6.07) is 6.59. The summed E-state index contributed by atoms with van der Waals surface area (Å²) in [4.78, 5) is 26.9. The highest BCUT2D eigenvalue weighted by atomic mass is 16.5. The lowest BCUT2D eigenvalue weighted by atomic mass is 9.94. The minimum absolute atomic E-state index is 0.0928. The summed E-state index contributed by atoms with van der Waals surface area (Å²) in [5.74, 6) is -0.766. The molecule has 0 saturated carbocycles. The maximum absolute atomic E-state index is 12.8. The Balaban J connectivity index is 2.18. The van der Waals surface area contributed by atoms with Gasteiger partial charge in [-0.3, -0.25) is 14.3 Å². The number of hydrogen-bond acceptors (Lipinski definition) is 5. The zero-order valence-corrected chi connectivity index (χ0v) is 16.8. The van der Waals surface area contributed by atoms with E-state index in [-0.39, 0.29) is 11.3 Å². The summed E-state index contributed by atoms with van der Waals surface area (Å²) in [6.45, 7) is 8.20. The monoisotopic (exact) mass is 383 g/mol. The van der Waals surface area contributed by atoms with Crippen LogP contribution in [0.3, 0.4) is 0 Å². The van der Waals surface area contributed by atoms with Crippen LogP contribution in [0.25, 0.3) is 5.76 Å². The highest BCUT2D eigenvalue weighted by Crippen LogP contribution is 2.40. The summed E-state index contributed by atoms with van der Waals surface area (Å²) in [6.07, 6.45) is 0. The molecule has 1 aromatic heterocycles. The van der Waals surface area contributed by atoms with Crippen molar-refractivity contribution in [2.24, 2.45) is 7.05 Å². The smallest absolute Gasteiger partial charge is 0.295 e. The number of aliphatic hydroxyl groups is 1. The van der Waals surface area contributed by atoms with Crippen LogP contribution in [0.1, 0.15) is 42.4 Å². The minimum Gasteiger partial charge on any atom is -0.507 e. The van der Waals surface area contributed by atoms with Crippen molar-refractivity contribution in [3.63, 3.8) is 0 Å². The van der Waals surface area contributed by atoms with Crippen LogP contribution in [0, 0.1) is 13.8 Å². The molecular formula is C21H25N3O4. The molecule has 1 amide bonds. The van der Waals surface area contributed by atoms with Crippen molar-refractivity contribution in [2.75, 3.05) is 13.2 Å². The summed E-state index contributed by atoms with van der Waals surface area (Å²) in [7, 11) is 1.77. The molecule has 1 atom stereocenters. The molecular weight excluding hydrogens is 358 g/mol. The molecule has 2 heterocycles. The first kappa shape index (κ1) is 19.7. The number of hydrogen-bond donors (Lipinski definition) is 1. The van der Waals surface area contributed by atoms with Gasteiger partial charge < -0.3 is 14.7 Å². The van der Waals surface area contributed by atoms with E-state index in [1.807, 2.05) is 32.9 Å². The predicted molar refractivity (Wildman–Crippen MR) is 105 cm³/mol. The number of rotatable bonds is 5. The van der Waals surface area contributed by atoms with E-state index < -0.39 is 17.7 Å². The first-order valence-corrected chi connectivity index (χ1v) is 9.33. The molecule has 7 heteroatoms. The van der Waals surface area contributed by atoms with Crippen molar-refractivity contribution in [1.82, 2.24) is 14.7 Å². The van der Waals surface area contributed by atoms with Gasteiger partial charge in [0.2, 0.25) is 0 Å². The third kappa shape index (κ3) is 3.06. The molecule has 0 bridgehead atoms. The van der Waals surface area contributed by atoms with Crippen LogP contribution in [0.15, 0.2) is 29.8 Å². The van der Waals surface area contributed by atoms with Crippen molar-refractivity contribution in [1.29, 1.82) is 0 Å². The molecule has 1 unspecified atom stereocenters. The van der Waals surface area contributed by atoms with Gasteiger partial charge in [-0.1, -0.05) is 12.1 Å². The van der Waals surface area contributed by atoms with Crippen molar-refractivity contribution in [3.8, 4) is 5.75 Å². The van der Waals surface area contributed by atoms with Crippen LogP contribution in [0.5, 0.6) is 5.75 Å². The normalized spacial score (nSPS) is 18.8. The van der Waals surface area contributed by atoms with Crippen molar-refractivity contribution in [3.05, 3.63) is 52.4 Å². The average molecular weight is 383 g/mol. The van der Waals surface area contributed by atoms with Crippen molar-refractivity contribution in [2.45, 2.75) is 33.7 Å². The lowest BCUT2D eigenvalue weighted by molar-refractivity contribution is -0.139. The van der Waals surface area contributed by atoms with Crippen molar-refractivity contribution >= 4 is 17.4 Å². The van der Waals surface area contributed by atoms with E-state index >= 15 is 0 Å². The number of ether oxygens (including phenoxy) is 1. The summed E-state index contributed by atoms with van der Waals surface area (Å²) in [5.41, 5.74) is 2.65. The fraction of sp³-hybridized carbons (Fsp3) is 0.381. The van der Waals surface area contributed by atoms with Gasteiger partial charge in [-0.2, -0.15) is 5.10 Å². The predicted octanol–water partition coefficient (Wildman–Crippen LogP) is 2.88. The van der Waals surface area contributed by atoms with Crippen LogP contribution in [0.4, 0.5) is 0 Å². The first-order chi connectivity index (χ1) is 13.3. The quantitative estimate of drug-likeness (QED) is 0.488. The zero-order valence-electron chi connectivity index (χ0n) is 16.8. The number of benzene rings is 1. The number of amides is 1. The molecule has 1 aromatic carbocycles. The SMILES string of the molecule is CCOc1ccc(C2/C(=C(\O)c3c(C)nn(C)c3C)C(=O)C(=O)N2CC)cc1. The minimum atomic E-state index is -0.680. The number of nitrogens with zero attached hydrogens (tertiary/aromatic N) is 3. The Labute approximate surface area is 164 Å². The van der Waals surface area contributed by atoms with Crippen LogP contribution in [0.2, 0.25) is 0 Å². The number of aliphatic hydroxyl groups excluding tert-OH is 1. The second-order valence-corrected chi connectivity index (χ2v) is 6.76. The van der Waals surface area contributed by atoms with Gasteiger partial charge in [0.05, 0.1) is 29.5 Å². The first-order valence-electron chi connectivity index (χ1n) is 9.33. The van der Waals surface area contributed by atoms with Gasteiger partial charge in [-0.25, -0.2) is 0 Å². The van der Waals surface area contributed by atoms with E-state index in [1.54, 1.807) is 30.8 Å². The number of ketones is 1. The van der Waals surface area contributed by atoms with E-state index in [4.69, 9.17) is 4.74 Å². The Bertz CT molecular complexity index is 957. The molecule has 1 saturated heterocycles. The second kappa shape index (κ2) is 7.50. The molecule has 1 aliphatic rings. The molecule has 0 radical (unpaired) electrons. The Kier molecular flexibility index (Phi) is 5.27. The molecule has 7 nitrogen and oxygen atoms in total. The molecule has 2 aromatic rings.